The third-order valence-electron chi connectivity index (χ3n) is 9.19. The minimum absolute atomic E-state index is 0.751. The van der Waals surface area contributed by atoms with Crippen molar-refractivity contribution in [2.45, 2.75) is 57.2 Å². The summed E-state index contributed by atoms with van der Waals surface area (Å²) in [6.07, 6.45) is 8.12. The zero-order chi connectivity index (χ0) is 26.3. The molecule has 0 atom stereocenters. The van der Waals surface area contributed by atoms with E-state index >= 15 is 0 Å². The molecule has 1 heterocycles. The van der Waals surface area contributed by atoms with E-state index in [4.69, 9.17) is 0 Å². The number of hydrogen-bond donors (Lipinski definition) is 0. The molecular formula is C35H42IPSi. The second-order valence-corrected chi connectivity index (χ2v) is 26.7. The molecule has 4 aromatic carbocycles. The van der Waals surface area contributed by atoms with E-state index in [1.807, 2.05) is 0 Å². The van der Waals surface area contributed by atoms with Gasteiger partial charge in [0.15, 0.2) is 0 Å². The molecule has 1 aliphatic rings. The average molecular weight is 649 g/mol. The molecule has 3 heteroatoms. The van der Waals surface area contributed by atoms with Gasteiger partial charge in [0.2, 0.25) is 0 Å². The number of halogens is 1. The van der Waals surface area contributed by atoms with Crippen LogP contribution in [0.4, 0.5) is 0 Å². The maximum absolute atomic E-state index is 3.00. The molecule has 0 nitrogen and oxygen atoms in total. The van der Waals surface area contributed by atoms with Crippen LogP contribution >= 0.6 is 26.3 Å². The number of benzene rings is 4. The van der Waals surface area contributed by atoms with Crippen LogP contribution in [0.5, 0.6) is 0 Å². The molecule has 0 N–H and O–H groups in total. The molecular weight excluding hydrogens is 606 g/mol. The number of unbranched alkanes of at least 4 members (excludes halogenated alkanes) is 2. The van der Waals surface area contributed by atoms with Gasteiger partial charge in [-0.25, -0.2) is 0 Å². The van der Waals surface area contributed by atoms with E-state index in [1.165, 1.54) is 72.3 Å². The van der Waals surface area contributed by atoms with Crippen molar-refractivity contribution >= 4 is 55.5 Å². The molecule has 0 radical (unpaired) electrons. The first-order chi connectivity index (χ1) is 18.6. The van der Waals surface area contributed by atoms with E-state index in [-0.39, 0.29) is 0 Å². The van der Waals surface area contributed by atoms with E-state index in [0.717, 1.165) is 5.92 Å². The summed E-state index contributed by atoms with van der Waals surface area (Å²) in [5.74, 6) is 0.751. The van der Waals surface area contributed by atoms with Crippen molar-refractivity contribution < 1.29 is 0 Å². The van der Waals surface area contributed by atoms with Gasteiger partial charge in [0.1, 0.15) is 0 Å². The first-order valence-corrected chi connectivity index (χ1v) is 22.4. The number of rotatable bonds is 10. The summed E-state index contributed by atoms with van der Waals surface area (Å²) in [6.45, 7) is 2.34. The molecule has 0 unspecified atom stereocenters. The molecule has 0 saturated carbocycles. The fourth-order valence-electron chi connectivity index (χ4n) is 7.07. The van der Waals surface area contributed by atoms with Crippen LogP contribution in [0.3, 0.4) is 0 Å². The Balaban J connectivity index is 1.54. The summed E-state index contributed by atoms with van der Waals surface area (Å²) in [7, 11) is -1.46. The van der Waals surface area contributed by atoms with Crippen molar-refractivity contribution in [3.63, 3.8) is 0 Å². The van der Waals surface area contributed by atoms with E-state index in [1.54, 1.807) is 5.19 Å². The van der Waals surface area contributed by atoms with E-state index < -0.39 is 12.3 Å². The predicted molar refractivity (Wildman–Crippen MR) is 183 cm³/mol. The minimum atomic E-state index is -2.70. The van der Waals surface area contributed by atoms with E-state index in [0.29, 0.717) is 0 Å². The molecule has 198 valence electrons. The van der Waals surface area contributed by atoms with Crippen molar-refractivity contribution in [1.29, 1.82) is 0 Å². The Bertz CT molecular complexity index is 1170. The Kier molecular flexibility index (Phi) is 8.92. The zero-order valence-corrected chi connectivity index (χ0v) is 26.9. The normalized spacial score (nSPS) is 20.9. The third kappa shape index (κ3) is 5.34. The van der Waals surface area contributed by atoms with Crippen molar-refractivity contribution in [3.05, 3.63) is 121 Å². The summed E-state index contributed by atoms with van der Waals surface area (Å²) < 4.78 is -2.70. The van der Waals surface area contributed by atoms with Crippen LogP contribution in [-0.4, -0.2) is 14.2 Å². The van der Waals surface area contributed by atoms with Crippen LogP contribution in [0, 0.1) is 5.92 Å². The van der Waals surface area contributed by atoms with Gasteiger partial charge in [-0.15, -0.1) is 0 Å². The molecule has 0 amide bonds. The molecule has 0 aromatic heterocycles. The van der Waals surface area contributed by atoms with Gasteiger partial charge in [0.05, 0.1) is 0 Å². The van der Waals surface area contributed by atoms with Crippen molar-refractivity contribution in [1.82, 2.24) is 0 Å². The van der Waals surface area contributed by atoms with Crippen molar-refractivity contribution in [2.75, 3.05) is 6.16 Å². The fourth-order valence-corrected chi connectivity index (χ4v) is 22.2. The van der Waals surface area contributed by atoms with Gasteiger partial charge in [0.25, 0.3) is 0 Å². The van der Waals surface area contributed by atoms with E-state index in [9.17, 15) is 0 Å². The standard InChI is InChI=1S/C35H42IPSi/c1-2-3-16-27-38(35-23-14-7-15-24-35)28-25-31(26-29-38)30-37(36,32-17-8-4-9-18-32,33-19-10-5-11-20-33)34-21-12-6-13-22-34/h4-15,17-24,31H,2-3,16,25-30H2,1H3. The quantitative estimate of drug-likeness (QED) is 0.0698. The van der Waals surface area contributed by atoms with Gasteiger partial charge in [-0.1, -0.05) is 0 Å². The summed E-state index contributed by atoms with van der Waals surface area (Å²) in [5.41, 5.74) is 0. The first-order valence-electron chi connectivity index (χ1n) is 14.5. The van der Waals surface area contributed by atoms with Gasteiger partial charge in [-0.2, -0.15) is 0 Å². The van der Waals surface area contributed by atoms with Crippen LogP contribution in [-0.2, 0) is 0 Å². The molecule has 38 heavy (non-hydrogen) atoms. The van der Waals surface area contributed by atoms with Gasteiger partial charge < -0.3 is 0 Å². The second kappa shape index (κ2) is 12.2. The van der Waals surface area contributed by atoms with Crippen LogP contribution in [0.25, 0.3) is 0 Å². The Morgan fingerprint density at radius 2 is 1.05 bits per heavy atom. The fraction of sp³-hybridized carbons (Fsp3) is 0.314. The molecule has 0 spiro atoms. The summed E-state index contributed by atoms with van der Waals surface area (Å²) >= 11 is 3.00. The Hall–Kier alpha value is -1.74. The van der Waals surface area contributed by atoms with Gasteiger partial charge in [-0.05, 0) is 0 Å². The topological polar surface area (TPSA) is 0 Å². The van der Waals surface area contributed by atoms with Gasteiger partial charge in [-0.3, -0.25) is 0 Å². The van der Waals surface area contributed by atoms with Gasteiger partial charge in [0, 0.05) is 0 Å². The first kappa shape index (κ1) is 27.8. The molecule has 1 aliphatic heterocycles. The summed E-state index contributed by atoms with van der Waals surface area (Å²) in [6, 6.07) is 50.6. The van der Waals surface area contributed by atoms with Crippen LogP contribution in [0.1, 0.15) is 39.0 Å². The van der Waals surface area contributed by atoms with Crippen LogP contribution < -0.4 is 21.1 Å². The number of hydrogen-bond acceptors (Lipinski definition) is 0. The Morgan fingerprint density at radius 3 is 1.47 bits per heavy atom. The monoisotopic (exact) mass is 648 g/mol. The molecule has 1 saturated heterocycles. The van der Waals surface area contributed by atoms with Gasteiger partial charge >= 0.3 is 246 Å². The Labute approximate surface area is 244 Å². The molecule has 1 fully saturated rings. The third-order valence-corrected chi connectivity index (χ3v) is 26.1. The summed E-state index contributed by atoms with van der Waals surface area (Å²) in [5, 5.41) is 6.29. The van der Waals surface area contributed by atoms with Crippen LogP contribution in [0.15, 0.2) is 121 Å². The second-order valence-electron chi connectivity index (χ2n) is 11.4. The average Bonchev–Trinajstić information content (AvgIpc) is 3.00. The van der Waals surface area contributed by atoms with Crippen LogP contribution in [0.2, 0.25) is 18.1 Å². The molecule has 4 aromatic rings. The molecule has 0 aliphatic carbocycles. The molecule has 0 bridgehead atoms. The molecule has 5 rings (SSSR count). The van der Waals surface area contributed by atoms with E-state index in [2.05, 4.69) is 150 Å². The SMILES string of the molecule is CCCCC[Si]1(c2ccccc2)CCC(CP(I)(c2ccccc2)(c2ccccc2)c2ccccc2)CC1. The zero-order valence-electron chi connectivity index (χ0n) is 22.8. The van der Waals surface area contributed by atoms with Crippen molar-refractivity contribution in [3.8, 4) is 0 Å². The predicted octanol–water partition coefficient (Wildman–Crippen LogP) is 8.82. The van der Waals surface area contributed by atoms with Crippen molar-refractivity contribution in [2.24, 2.45) is 5.92 Å². The maximum atomic E-state index is 3.00. The summed E-state index contributed by atoms with van der Waals surface area (Å²) in [4.78, 5) is 0. The Morgan fingerprint density at radius 1 is 0.632 bits per heavy atom.